The van der Waals surface area contributed by atoms with Gasteiger partial charge in [0.25, 0.3) is 0 Å². The van der Waals surface area contributed by atoms with E-state index in [-0.39, 0.29) is 6.10 Å². The summed E-state index contributed by atoms with van der Waals surface area (Å²) in [6, 6.07) is 4.38. The summed E-state index contributed by atoms with van der Waals surface area (Å²) in [6.07, 6.45) is 5.52. The van der Waals surface area contributed by atoms with Gasteiger partial charge in [-0.25, -0.2) is 4.98 Å². The number of hydrogen-bond acceptors (Lipinski definition) is 4. The van der Waals surface area contributed by atoms with Crippen molar-refractivity contribution in [3.8, 4) is 5.75 Å². The molecule has 0 aliphatic carbocycles. The average molecular weight is 249 g/mol. The molecule has 2 heterocycles. The van der Waals surface area contributed by atoms with Crippen LogP contribution in [0.2, 0.25) is 0 Å². The molecule has 18 heavy (non-hydrogen) atoms. The van der Waals surface area contributed by atoms with E-state index >= 15 is 0 Å². The Morgan fingerprint density at radius 2 is 2.28 bits per heavy atom. The molecule has 0 radical (unpaired) electrons. The first-order valence-corrected chi connectivity index (χ1v) is 6.84. The molecule has 0 aromatic carbocycles. The van der Waals surface area contributed by atoms with Crippen molar-refractivity contribution in [2.45, 2.75) is 45.3 Å². The zero-order valence-corrected chi connectivity index (χ0v) is 11.3. The molecule has 1 aliphatic rings. The van der Waals surface area contributed by atoms with Crippen LogP contribution in [-0.4, -0.2) is 30.2 Å². The van der Waals surface area contributed by atoms with Crippen molar-refractivity contribution in [2.24, 2.45) is 0 Å². The third-order valence-electron chi connectivity index (χ3n) is 3.05. The van der Waals surface area contributed by atoms with Crippen molar-refractivity contribution in [1.29, 1.82) is 0 Å². The van der Waals surface area contributed by atoms with E-state index in [9.17, 15) is 0 Å². The predicted octanol–water partition coefficient (Wildman–Crippen LogP) is 2.42. The number of nitrogens with zero attached hydrogens (tertiary/aromatic N) is 1. The van der Waals surface area contributed by atoms with Gasteiger partial charge < -0.3 is 15.4 Å². The monoisotopic (exact) mass is 249 g/mol. The molecule has 2 N–H and O–H groups in total. The molecule has 1 atom stereocenters. The highest BCUT2D eigenvalue weighted by Crippen LogP contribution is 2.24. The zero-order chi connectivity index (χ0) is 12.8. The Hall–Kier alpha value is -1.29. The number of rotatable bonds is 4. The predicted molar refractivity (Wildman–Crippen MR) is 74.1 cm³/mol. The number of nitrogens with one attached hydrogen (secondary N) is 2. The minimum absolute atomic E-state index is 0.172. The van der Waals surface area contributed by atoms with Crippen LogP contribution < -0.4 is 15.4 Å². The molecule has 1 fully saturated rings. The number of pyridine rings is 1. The second-order valence-electron chi connectivity index (χ2n) is 5.04. The molecule has 4 nitrogen and oxygen atoms in total. The van der Waals surface area contributed by atoms with Crippen molar-refractivity contribution in [3.05, 3.63) is 18.3 Å². The standard InChI is InChI=1S/C14H23N3O/c1-11(2)18-13-6-4-9-16-14(13)17-12-5-3-8-15-10-7-12/h4,6,9,11-12,15H,3,5,7-8,10H2,1-2H3,(H,16,17). The average Bonchev–Trinajstić information content (AvgIpc) is 2.60. The molecule has 0 saturated carbocycles. The Labute approximate surface area is 109 Å². The van der Waals surface area contributed by atoms with Gasteiger partial charge in [0.05, 0.1) is 6.10 Å². The third kappa shape index (κ3) is 3.88. The molecule has 1 aliphatic heterocycles. The molecule has 2 rings (SSSR count). The second kappa shape index (κ2) is 6.59. The minimum atomic E-state index is 0.172. The van der Waals surface area contributed by atoms with E-state index in [2.05, 4.69) is 15.6 Å². The number of anilines is 1. The van der Waals surface area contributed by atoms with Gasteiger partial charge in [0.15, 0.2) is 11.6 Å². The lowest BCUT2D eigenvalue weighted by Gasteiger charge is -2.19. The normalized spacial score (nSPS) is 20.5. The van der Waals surface area contributed by atoms with Crippen LogP contribution in [0.3, 0.4) is 0 Å². The van der Waals surface area contributed by atoms with E-state index < -0.39 is 0 Å². The Morgan fingerprint density at radius 3 is 3.11 bits per heavy atom. The summed E-state index contributed by atoms with van der Waals surface area (Å²) in [7, 11) is 0. The van der Waals surface area contributed by atoms with Gasteiger partial charge in [-0.3, -0.25) is 0 Å². The zero-order valence-electron chi connectivity index (χ0n) is 11.3. The molecule has 100 valence electrons. The molecule has 0 amide bonds. The molecule has 1 saturated heterocycles. The van der Waals surface area contributed by atoms with Crippen LogP contribution in [0.5, 0.6) is 5.75 Å². The van der Waals surface area contributed by atoms with Gasteiger partial charge in [0, 0.05) is 12.2 Å². The lowest BCUT2D eigenvalue weighted by molar-refractivity contribution is 0.242. The van der Waals surface area contributed by atoms with Crippen molar-refractivity contribution in [3.63, 3.8) is 0 Å². The molecule has 4 heteroatoms. The van der Waals surface area contributed by atoms with Crippen LogP contribution in [-0.2, 0) is 0 Å². The molecule has 1 aromatic heterocycles. The fourth-order valence-electron chi connectivity index (χ4n) is 2.20. The van der Waals surface area contributed by atoms with Gasteiger partial charge in [0.1, 0.15) is 0 Å². The Morgan fingerprint density at radius 1 is 1.39 bits per heavy atom. The van der Waals surface area contributed by atoms with Gasteiger partial charge in [-0.2, -0.15) is 0 Å². The highest BCUT2D eigenvalue weighted by molar-refractivity contribution is 5.50. The Balaban J connectivity index is 2.02. The maximum Gasteiger partial charge on any atom is 0.168 e. The fraction of sp³-hybridized carbons (Fsp3) is 0.643. The van der Waals surface area contributed by atoms with E-state index in [0.29, 0.717) is 6.04 Å². The Bertz CT molecular complexity index is 360. The van der Waals surface area contributed by atoms with Gasteiger partial charge in [-0.1, -0.05) is 0 Å². The minimum Gasteiger partial charge on any atom is -0.487 e. The second-order valence-corrected chi connectivity index (χ2v) is 5.04. The van der Waals surface area contributed by atoms with Crippen molar-refractivity contribution < 1.29 is 4.74 Å². The third-order valence-corrected chi connectivity index (χ3v) is 3.05. The summed E-state index contributed by atoms with van der Waals surface area (Å²) in [4.78, 5) is 4.40. The molecule has 1 aromatic rings. The van der Waals surface area contributed by atoms with Gasteiger partial charge >= 0.3 is 0 Å². The van der Waals surface area contributed by atoms with Crippen molar-refractivity contribution >= 4 is 5.82 Å². The lowest BCUT2D eigenvalue weighted by atomic mass is 10.1. The first-order chi connectivity index (χ1) is 8.75. The van der Waals surface area contributed by atoms with Crippen molar-refractivity contribution in [2.75, 3.05) is 18.4 Å². The van der Waals surface area contributed by atoms with Crippen LogP contribution in [0, 0.1) is 0 Å². The summed E-state index contributed by atoms with van der Waals surface area (Å²) in [6.45, 7) is 6.26. The van der Waals surface area contributed by atoms with Crippen LogP contribution in [0.4, 0.5) is 5.82 Å². The number of ether oxygens (including phenoxy) is 1. The Kier molecular flexibility index (Phi) is 4.81. The molecule has 0 bridgehead atoms. The SMILES string of the molecule is CC(C)Oc1cccnc1NC1CCCNCC1. The van der Waals surface area contributed by atoms with E-state index in [1.165, 1.54) is 12.8 Å². The maximum absolute atomic E-state index is 5.78. The first kappa shape index (κ1) is 13.1. The summed E-state index contributed by atoms with van der Waals surface area (Å²) < 4.78 is 5.78. The van der Waals surface area contributed by atoms with Crippen LogP contribution in [0.1, 0.15) is 33.1 Å². The van der Waals surface area contributed by atoms with Crippen LogP contribution >= 0.6 is 0 Å². The van der Waals surface area contributed by atoms with E-state index in [1.54, 1.807) is 0 Å². The number of hydrogen-bond donors (Lipinski definition) is 2. The highest BCUT2D eigenvalue weighted by Gasteiger charge is 2.14. The molecule has 0 spiro atoms. The van der Waals surface area contributed by atoms with Crippen LogP contribution in [0.25, 0.3) is 0 Å². The quantitative estimate of drug-likeness (QED) is 0.860. The largest absolute Gasteiger partial charge is 0.487 e. The van der Waals surface area contributed by atoms with Gasteiger partial charge in [0.2, 0.25) is 0 Å². The van der Waals surface area contributed by atoms with E-state index in [1.807, 2.05) is 32.2 Å². The fourth-order valence-corrected chi connectivity index (χ4v) is 2.20. The highest BCUT2D eigenvalue weighted by atomic mass is 16.5. The van der Waals surface area contributed by atoms with Gasteiger partial charge in [-0.05, 0) is 58.3 Å². The van der Waals surface area contributed by atoms with E-state index in [4.69, 9.17) is 4.74 Å². The van der Waals surface area contributed by atoms with Crippen LogP contribution in [0.15, 0.2) is 18.3 Å². The molecule has 1 unspecified atom stereocenters. The van der Waals surface area contributed by atoms with Crippen molar-refractivity contribution in [1.82, 2.24) is 10.3 Å². The first-order valence-electron chi connectivity index (χ1n) is 6.84. The summed E-state index contributed by atoms with van der Waals surface area (Å²) in [5, 5.41) is 6.94. The topological polar surface area (TPSA) is 46.2 Å². The number of aromatic nitrogens is 1. The summed E-state index contributed by atoms with van der Waals surface area (Å²) >= 11 is 0. The lowest BCUT2D eigenvalue weighted by Crippen LogP contribution is -2.22. The summed E-state index contributed by atoms with van der Waals surface area (Å²) in [5.74, 6) is 1.72. The van der Waals surface area contributed by atoms with Gasteiger partial charge in [-0.15, -0.1) is 0 Å². The summed E-state index contributed by atoms with van der Waals surface area (Å²) in [5.41, 5.74) is 0. The van der Waals surface area contributed by atoms with E-state index in [0.717, 1.165) is 31.1 Å². The smallest absolute Gasteiger partial charge is 0.168 e. The molecular weight excluding hydrogens is 226 g/mol. The maximum atomic E-state index is 5.78. The molecular formula is C14H23N3O.